The Hall–Kier alpha value is -2.12. The minimum Gasteiger partial charge on any atom is -0.368 e. The van der Waals surface area contributed by atoms with Gasteiger partial charge in [0.2, 0.25) is 0 Å². The summed E-state index contributed by atoms with van der Waals surface area (Å²) in [7, 11) is 0. The van der Waals surface area contributed by atoms with Gasteiger partial charge in [0.25, 0.3) is 0 Å². The van der Waals surface area contributed by atoms with E-state index in [1.807, 2.05) is 31.2 Å². The van der Waals surface area contributed by atoms with Gasteiger partial charge in [-0.2, -0.15) is 13.2 Å². The van der Waals surface area contributed by atoms with Gasteiger partial charge in [0, 0.05) is 27.9 Å². The molecule has 0 bridgehead atoms. The molecule has 0 amide bonds. The lowest BCUT2D eigenvalue weighted by Gasteiger charge is -2.08. The highest BCUT2D eigenvalue weighted by molar-refractivity contribution is 8.00. The smallest absolute Gasteiger partial charge is 0.368 e. The van der Waals surface area contributed by atoms with Gasteiger partial charge in [-0.1, -0.05) is 29.8 Å². The Balaban J connectivity index is 0.00000210. The predicted molar refractivity (Wildman–Crippen MR) is 107 cm³/mol. The molecule has 0 atom stereocenters. The van der Waals surface area contributed by atoms with Gasteiger partial charge in [-0.15, -0.1) is 12.4 Å². The van der Waals surface area contributed by atoms with E-state index < -0.39 is 5.51 Å². The zero-order chi connectivity index (χ0) is 18.3. The van der Waals surface area contributed by atoms with Crippen LogP contribution in [0.5, 0.6) is 0 Å². The molecule has 1 aromatic heterocycles. The molecule has 3 nitrogen and oxygen atoms in total. The fourth-order valence-electron chi connectivity index (χ4n) is 3.12. The first-order valence-corrected chi connectivity index (χ1v) is 8.99. The number of aromatic nitrogens is 1. The zero-order valence-corrected chi connectivity index (χ0v) is 16.0. The van der Waals surface area contributed by atoms with E-state index in [0.717, 1.165) is 45.7 Å². The van der Waals surface area contributed by atoms with E-state index in [0.29, 0.717) is 6.54 Å². The molecular weight excluding hydrogens is 395 g/mol. The van der Waals surface area contributed by atoms with Gasteiger partial charge in [-0.05, 0) is 42.4 Å². The minimum absolute atomic E-state index is 0. The van der Waals surface area contributed by atoms with Crippen LogP contribution in [-0.2, 0) is 0 Å². The van der Waals surface area contributed by atoms with Crippen molar-refractivity contribution < 1.29 is 13.2 Å². The number of thioether (sulfide) groups is 1. The highest BCUT2D eigenvalue weighted by Gasteiger charge is 2.30. The third kappa shape index (κ3) is 4.09. The van der Waals surface area contributed by atoms with E-state index in [1.54, 1.807) is 12.1 Å². The summed E-state index contributed by atoms with van der Waals surface area (Å²) in [5.74, 6) is 0.723. The summed E-state index contributed by atoms with van der Waals surface area (Å²) in [5.41, 5.74) is 0.286. The molecule has 27 heavy (non-hydrogen) atoms. The number of hydrogen-bond acceptors (Lipinski definition) is 3. The average Bonchev–Trinajstić information content (AvgIpc) is 3.20. The number of aryl methyl sites for hydroxylation is 1. The fraction of sp³-hybridized carbons (Fsp3) is 0.211. The van der Waals surface area contributed by atoms with Crippen LogP contribution in [0.25, 0.3) is 22.2 Å². The quantitative estimate of drug-likeness (QED) is 0.556. The van der Waals surface area contributed by atoms with E-state index in [-0.39, 0.29) is 29.1 Å². The van der Waals surface area contributed by atoms with Crippen LogP contribution in [0.1, 0.15) is 11.1 Å². The SMILES string of the molecule is Cc1ccc(-c2[nH]c3ccc(SC(F)(F)F)cc3c2C2=NCCN2)cc1.Cl. The fourth-order valence-corrected chi connectivity index (χ4v) is 3.70. The van der Waals surface area contributed by atoms with Crippen molar-refractivity contribution in [3.05, 3.63) is 53.6 Å². The van der Waals surface area contributed by atoms with Crippen molar-refractivity contribution in [2.75, 3.05) is 13.1 Å². The lowest BCUT2D eigenvalue weighted by molar-refractivity contribution is -0.0328. The number of rotatable bonds is 3. The standard InChI is InChI=1S/C19H16F3N3S.ClH/c1-11-2-4-12(5-3-11)17-16(18-23-8-9-24-18)14-10-13(26-19(20,21)22)6-7-15(14)25-17;/h2-7,10,25H,8-9H2,1H3,(H,23,24);1H. The van der Waals surface area contributed by atoms with Crippen molar-refractivity contribution >= 4 is 40.9 Å². The van der Waals surface area contributed by atoms with E-state index in [2.05, 4.69) is 15.3 Å². The molecule has 2 N–H and O–H groups in total. The third-order valence-corrected chi connectivity index (χ3v) is 4.98. The van der Waals surface area contributed by atoms with Gasteiger partial charge in [0.1, 0.15) is 5.84 Å². The van der Waals surface area contributed by atoms with Crippen molar-refractivity contribution in [3.63, 3.8) is 0 Å². The maximum absolute atomic E-state index is 12.8. The van der Waals surface area contributed by atoms with Gasteiger partial charge in [-0.25, -0.2) is 0 Å². The van der Waals surface area contributed by atoms with Crippen molar-refractivity contribution in [2.24, 2.45) is 4.99 Å². The number of amidine groups is 1. The summed E-state index contributed by atoms with van der Waals surface area (Å²) < 4.78 is 38.3. The predicted octanol–water partition coefficient (Wildman–Crippen LogP) is 5.53. The second-order valence-electron chi connectivity index (χ2n) is 6.15. The Morgan fingerprint density at radius 2 is 1.81 bits per heavy atom. The first-order valence-electron chi connectivity index (χ1n) is 8.18. The normalized spacial score (nSPS) is 14.0. The van der Waals surface area contributed by atoms with E-state index in [4.69, 9.17) is 0 Å². The number of nitrogens with zero attached hydrogens (tertiary/aromatic N) is 1. The third-order valence-electron chi connectivity index (χ3n) is 4.25. The number of H-pyrrole nitrogens is 1. The Labute approximate surface area is 164 Å². The molecule has 3 aromatic rings. The molecule has 2 heterocycles. The summed E-state index contributed by atoms with van der Waals surface area (Å²) >= 11 is -0.100. The second kappa shape index (κ2) is 7.48. The molecule has 4 rings (SSSR count). The number of alkyl halides is 3. The van der Waals surface area contributed by atoms with Crippen LogP contribution in [0, 0.1) is 6.92 Å². The van der Waals surface area contributed by atoms with Crippen LogP contribution in [0.3, 0.4) is 0 Å². The maximum Gasteiger partial charge on any atom is 0.446 e. The highest BCUT2D eigenvalue weighted by atomic mass is 35.5. The topological polar surface area (TPSA) is 40.2 Å². The van der Waals surface area contributed by atoms with Gasteiger partial charge < -0.3 is 10.3 Å². The van der Waals surface area contributed by atoms with Crippen molar-refractivity contribution in [3.8, 4) is 11.3 Å². The molecular formula is C19H17ClF3N3S. The van der Waals surface area contributed by atoms with Gasteiger partial charge in [-0.3, -0.25) is 4.99 Å². The monoisotopic (exact) mass is 411 g/mol. The van der Waals surface area contributed by atoms with E-state index >= 15 is 0 Å². The molecule has 0 fully saturated rings. The molecule has 0 unspecified atom stereocenters. The molecule has 2 aromatic carbocycles. The van der Waals surface area contributed by atoms with Crippen LogP contribution in [0.2, 0.25) is 0 Å². The molecule has 0 aliphatic carbocycles. The van der Waals surface area contributed by atoms with Gasteiger partial charge >= 0.3 is 5.51 Å². The van der Waals surface area contributed by atoms with Crippen LogP contribution < -0.4 is 5.32 Å². The van der Waals surface area contributed by atoms with Crippen LogP contribution in [0.15, 0.2) is 52.4 Å². The lowest BCUT2D eigenvalue weighted by atomic mass is 10.0. The molecule has 142 valence electrons. The van der Waals surface area contributed by atoms with Crippen molar-refractivity contribution in [1.82, 2.24) is 10.3 Å². The van der Waals surface area contributed by atoms with Crippen LogP contribution in [0.4, 0.5) is 13.2 Å². The zero-order valence-electron chi connectivity index (χ0n) is 14.4. The second-order valence-corrected chi connectivity index (χ2v) is 7.29. The van der Waals surface area contributed by atoms with Gasteiger partial charge in [0.05, 0.1) is 12.2 Å². The van der Waals surface area contributed by atoms with Crippen molar-refractivity contribution in [2.45, 2.75) is 17.3 Å². The number of nitrogens with one attached hydrogen (secondary N) is 2. The Bertz CT molecular complexity index is 994. The number of halogens is 4. The largest absolute Gasteiger partial charge is 0.446 e. The Kier molecular flexibility index (Phi) is 5.44. The minimum atomic E-state index is -4.31. The number of benzene rings is 2. The van der Waals surface area contributed by atoms with Crippen LogP contribution in [-0.4, -0.2) is 29.4 Å². The summed E-state index contributed by atoms with van der Waals surface area (Å²) in [6.45, 7) is 3.40. The summed E-state index contributed by atoms with van der Waals surface area (Å²) in [6, 6.07) is 12.8. The molecule has 8 heteroatoms. The Morgan fingerprint density at radius 1 is 1.07 bits per heavy atom. The summed E-state index contributed by atoms with van der Waals surface area (Å²) in [4.78, 5) is 8.01. The maximum atomic E-state index is 12.8. The highest BCUT2D eigenvalue weighted by Crippen LogP contribution is 2.39. The molecule has 0 saturated carbocycles. The molecule has 0 radical (unpaired) electrons. The van der Waals surface area contributed by atoms with E-state index in [9.17, 15) is 13.2 Å². The van der Waals surface area contributed by atoms with Crippen LogP contribution >= 0.6 is 24.2 Å². The first kappa shape index (κ1) is 19.6. The summed E-state index contributed by atoms with van der Waals surface area (Å²) in [6.07, 6.45) is 0. The lowest BCUT2D eigenvalue weighted by Crippen LogP contribution is -2.19. The summed E-state index contributed by atoms with van der Waals surface area (Å²) in [5, 5.41) is 3.98. The van der Waals surface area contributed by atoms with Crippen molar-refractivity contribution in [1.29, 1.82) is 0 Å². The number of hydrogen-bond donors (Lipinski definition) is 2. The number of aliphatic imine (C=N–C) groups is 1. The molecule has 0 spiro atoms. The van der Waals surface area contributed by atoms with E-state index in [1.165, 1.54) is 6.07 Å². The first-order chi connectivity index (χ1) is 12.4. The molecule has 1 aliphatic heterocycles. The molecule has 0 saturated heterocycles. The van der Waals surface area contributed by atoms with Gasteiger partial charge in [0.15, 0.2) is 0 Å². The average molecular weight is 412 g/mol. The molecule has 1 aliphatic rings. The number of fused-ring (bicyclic) bond motifs is 1. The Morgan fingerprint density at radius 3 is 2.44 bits per heavy atom. The number of aromatic amines is 1.